The Balaban J connectivity index is 1.37. The molecular weight excluding hydrogens is 460 g/mol. The predicted molar refractivity (Wildman–Crippen MR) is 127 cm³/mol. The van der Waals surface area contributed by atoms with E-state index in [1.54, 1.807) is 35.3 Å². The molecule has 1 aliphatic heterocycles. The van der Waals surface area contributed by atoms with Crippen LogP contribution in [0, 0.1) is 6.92 Å². The van der Waals surface area contributed by atoms with Crippen LogP contribution < -0.4 is 4.72 Å². The molecule has 0 saturated carbocycles. The molecule has 1 atom stereocenters. The Kier molecular flexibility index (Phi) is 6.53. The first kappa shape index (κ1) is 23.0. The molecule has 1 N–H and O–H groups in total. The summed E-state index contributed by atoms with van der Waals surface area (Å²) in [6.45, 7) is 4.57. The van der Waals surface area contributed by atoms with Crippen LogP contribution in [0.5, 0.6) is 0 Å². The number of hydrogen-bond acceptors (Lipinski definition) is 6. The second-order valence-electron chi connectivity index (χ2n) is 7.92. The number of carbonyl (C=O) groups excluding carboxylic acids is 2. The molecule has 172 valence electrons. The molecule has 9 heteroatoms. The fourth-order valence-electron chi connectivity index (χ4n) is 3.58. The number of rotatable bonds is 6. The number of sulfonamides is 1. The molecular formula is C24H24N2O5S2. The Morgan fingerprint density at radius 2 is 1.76 bits per heavy atom. The Morgan fingerprint density at radius 1 is 1.06 bits per heavy atom. The standard InChI is InChI=1S/C24H24N2O5S2/c1-16-3-7-20(8-4-16)25-33(29,30)21-9-5-18(6-10-21)24(28)31-17(2)23(27)26-13-11-22-19(15-26)12-14-32-22/h3-10,12,14,17,25H,11,13,15H2,1-2H3. The SMILES string of the molecule is Cc1ccc(NS(=O)(=O)c2ccc(C(=O)OC(C)C(=O)N3CCc4sccc4C3)cc2)cc1. The van der Waals surface area contributed by atoms with Crippen LogP contribution in [0.2, 0.25) is 0 Å². The number of nitrogens with one attached hydrogen (secondary N) is 1. The van der Waals surface area contributed by atoms with Gasteiger partial charge in [0.15, 0.2) is 6.10 Å². The van der Waals surface area contributed by atoms with E-state index in [0.29, 0.717) is 18.8 Å². The van der Waals surface area contributed by atoms with Crippen molar-refractivity contribution in [2.45, 2.75) is 37.8 Å². The van der Waals surface area contributed by atoms with Crippen LogP contribution >= 0.6 is 11.3 Å². The van der Waals surface area contributed by atoms with Gasteiger partial charge in [-0.3, -0.25) is 9.52 Å². The summed E-state index contributed by atoms with van der Waals surface area (Å²) in [6.07, 6.45) is -0.143. The highest BCUT2D eigenvalue weighted by atomic mass is 32.2. The van der Waals surface area contributed by atoms with Crippen molar-refractivity contribution in [1.82, 2.24) is 4.90 Å². The van der Waals surface area contributed by atoms with Gasteiger partial charge in [-0.1, -0.05) is 17.7 Å². The molecule has 33 heavy (non-hydrogen) atoms. The van der Waals surface area contributed by atoms with Crippen LogP contribution in [-0.4, -0.2) is 37.8 Å². The third kappa shape index (κ3) is 5.26. The summed E-state index contributed by atoms with van der Waals surface area (Å²) in [5.74, 6) is -0.929. The van der Waals surface area contributed by atoms with E-state index in [2.05, 4.69) is 4.72 Å². The molecule has 0 bridgehead atoms. The van der Waals surface area contributed by atoms with Gasteiger partial charge in [-0.2, -0.15) is 0 Å². The second-order valence-corrected chi connectivity index (χ2v) is 10.6. The summed E-state index contributed by atoms with van der Waals surface area (Å²) in [6, 6.07) is 14.4. The zero-order valence-corrected chi connectivity index (χ0v) is 19.9. The highest BCUT2D eigenvalue weighted by Crippen LogP contribution is 2.25. The van der Waals surface area contributed by atoms with E-state index >= 15 is 0 Å². The molecule has 0 spiro atoms. The minimum absolute atomic E-state index is 0.0173. The summed E-state index contributed by atoms with van der Waals surface area (Å²) in [4.78, 5) is 28.3. The lowest BCUT2D eigenvalue weighted by molar-refractivity contribution is -0.140. The largest absolute Gasteiger partial charge is 0.449 e. The number of aryl methyl sites for hydroxylation is 1. The van der Waals surface area contributed by atoms with Crippen molar-refractivity contribution in [1.29, 1.82) is 0 Å². The first-order valence-electron chi connectivity index (χ1n) is 10.5. The lowest BCUT2D eigenvalue weighted by Crippen LogP contribution is -2.42. The van der Waals surface area contributed by atoms with Gasteiger partial charge in [-0.15, -0.1) is 11.3 Å². The molecule has 1 unspecified atom stereocenters. The van der Waals surface area contributed by atoms with Crippen molar-refractivity contribution in [3.8, 4) is 0 Å². The smallest absolute Gasteiger partial charge is 0.338 e. The van der Waals surface area contributed by atoms with Crippen molar-refractivity contribution in [2.75, 3.05) is 11.3 Å². The van der Waals surface area contributed by atoms with Gasteiger partial charge in [0, 0.05) is 23.7 Å². The maximum atomic E-state index is 12.7. The maximum Gasteiger partial charge on any atom is 0.338 e. The molecule has 7 nitrogen and oxygen atoms in total. The fourth-order valence-corrected chi connectivity index (χ4v) is 5.53. The summed E-state index contributed by atoms with van der Waals surface area (Å²) in [5.41, 5.74) is 2.77. The lowest BCUT2D eigenvalue weighted by Gasteiger charge is -2.29. The average molecular weight is 485 g/mol. The minimum Gasteiger partial charge on any atom is -0.449 e. The second kappa shape index (κ2) is 9.36. The van der Waals surface area contributed by atoms with Crippen LogP contribution in [0.1, 0.15) is 33.3 Å². The molecule has 0 fully saturated rings. The van der Waals surface area contributed by atoms with Crippen LogP contribution in [0.25, 0.3) is 0 Å². The molecule has 2 aromatic carbocycles. The highest BCUT2D eigenvalue weighted by Gasteiger charge is 2.28. The lowest BCUT2D eigenvalue weighted by atomic mass is 10.1. The summed E-state index contributed by atoms with van der Waals surface area (Å²) in [5, 5.41) is 2.02. The summed E-state index contributed by atoms with van der Waals surface area (Å²) in [7, 11) is -3.80. The van der Waals surface area contributed by atoms with E-state index in [0.717, 1.165) is 17.5 Å². The molecule has 2 heterocycles. The first-order chi connectivity index (χ1) is 15.7. The first-order valence-corrected chi connectivity index (χ1v) is 12.8. The van der Waals surface area contributed by atoms with Gasteiger partial charge < -0.3 is 9.64 Å². The molecule has 0 radical (unpaired) electrons. The topological polar surface area (TPSA) is 92.8 Å². The number of amides is 1. The summed E-state index contributed by atoms with van der Waals surface area (Å²) < 4.78 is 33.1. The molecule has 0 aliphatic carbocycles. The predicted octanol–water partition coefficient (Wildman–Crippen LogP) is 3.99. The third-order valence-corrected chi connectivity index (χ3v) is 7.88. The number of hydrogen-bond donors (Lipinski definition) is 1. The number of thiophene rings is 1. The van der Waals surface area contributed by atoms with E-state index in [-0.39, 0.29) is 16.4 Å². The zero-order valence-electron chi connectivity index (χ0n) is 18.3. The van der Waals surface area contributed by atoms with Crippen LogP contribution in [-0.2, 0) is 32.5 Å². The van der Waals surface area contributed by atoms with Gasteiger partial charge in [-0.25, -0.2) is 13.2 Å². The fraction of sp³-hybridized carbons (Fsp3) is 0.250. The van der Waals surface area contributed by atoms with E-state index in [1.807, 2.05) is 30.5 Å². The molecule has 1 amide bonds. The van der Waals surface area contributed by atoms with Gasteiger partial charge >= 0.3 is 5.97 Å². The van der Waals surface area contributed by atoms with Crippen molar-refractivity contribution >= 4 is 38.9 Å². The van der Waals surface area contributed by atoms with E-state index in [9.17, 15) is 18.0 Å². The van der Waals surface area contributed by atoms with Crippen molar-refractivity contribution in [2.24, 2.45) is 0 Å². The Morgan fingerprint density at radius 3 is 2.45 bits per heavy atom. The molecule has 3 aromatic rings. The van der Waals surface area contributed by atoms with Gasteiger partial charge in [0.05, 0.1) is 10.5 Å². The molecule has 1 aliphatic rings. The summed E-state index contributed by atoms with van der Waals surface area (Å²) >= 11 is 1.69. The number of nitrogens with zero attached hydrogens (tertiary/aromatic N) is 1. The number of anilines is 1. The van der Waals surface area contributed by atoms with E-state index in [4.69, 9.17) is 4.74 Å². The maximum absolute atomic E-state index is 12.7. The van der Waals surface area contributed by atoms with Gasteiger partial charge in [-0.05, 0) is 73.7 Å². The number of carbonyl (C=O) groups is 2. The molecule has 4 rings (SSSR count). The van der Waals surface area contributed by atoms with Crippen molar-refractivity contribution in [3.05, 3.63) is 81.5 Å². The Labute approximate surface area is 197 Å². The quantitative estimate of drug-likeness (QED) is 0.534. The van der Waals surface area contributed by atoms with Gasteiger partial charge in [0.1, 0.15) is 0 Å². The van der Waals surface area contributed by atoms with Gasteiger partial charge in [0.25, 0.3) is 15.9 Å². The number of benzene rings is 2. The normalized spacial score (nSPS) is 14.3. The van der Waals surface area contributed by atoms with E-state index in [1.165, 1.54) is 29.1 Å². The van der Waals surface area contributed by atoms with Crippen molar-refractivity contribution < 1.29 is 22.7 Å². The monoisotopic (exact) mass is 484 g/mol. The van der Waals surface area contributed by atoms with Crippen LogP contribution in [0.15, 0.2) is 64.9 Å². The number of esters is 1. The Hall–Kier alpha value is -3.17. The Bertz CT molecular complexity index is 1260. The highest BCUT2D eigenvalue weighted by molar-refractivity contribution is 7.92. The van der Waals surface area contributed by atoms with Gasteiger partial charge in [0.2, 0.25) is 0 Å². The molecule has 1 aromatic heterocycles. The van der Waals surface area contributed by atoms with Crippen molar-refractivity contribution in [3.63, 3.8) is 0 Å². The average Bonchev–Trinajstić information content (AvgIpc) is 3.28. The third-order valence-electron chi connectivity index (χ3n) is 5.46. The number of fused-ring (bicyclic) bond motifs is 1. The zero-order chi connectivity index (χ0) is 23.6. The molecule has 0 saturated heterocycles. The van der Waals surface area contributed by atoms with Crippen LogP contribution in [0.4, 0.5) is 5.69 Å². The minimum atomic E-state index is -3.80. The number of ether oxygens (including phenoxy) is 1. The van der Waals surface area contributed by atoms with Crippen LogP contribution in [0.3, 0.4) is 0 Å². The van der Waals surface area contributed by atoms with E-state index < -0.39 is 22.1 Å².